The highest BCUT2D eigenvalue weighted by Gasteiger charge is 2.47. The fourth-order valence-corrected chi connectivity index (χ4v) is 1.95. The number of ether oxygens (including phenoxy) is 1. The Kier molecular flexibility index (Phi) is 4.37. The molecule has 0 aromatic carbocycles. The summed E-state index contributed by atoms with van der Waals surface area (Å²) in [5, 5.41) is 10.9. The lowest BCUT2D eigenvalue weighted by molar-refractivity contribution is -0.147. The maximum absolute atomic E-state index is 13.6. The molecule has 1 aliphatic carbocycles. The van der Waals surface area contributed by atoms with Crippen LogP contribution in [0.4, 0.5) is 13.6 Å². The topological polar surface area (TPSA) is 75.6 Å². The summed E-state index contributed by atoms with van der Waals surface area (Å²) in [4.78, 5) is 22.3. The summed E-state index contributed by atoms with van der Waals surface area (Å²) in [6, 6.07) is -1.50. The van der Waals surface area contributed by atoms with Crippen LogP contribution in [0.3, 0.4) is 0 Å². The van der Waals surface area contributed by atoms with Crippen LogP contribution in [0.1, 0.15) is 40.0 Å². The average molecular weight is 279 g/mol. The second-order valence-electron chi connectivity index (χ2n) is 5.77. The Morgan fingerprint density at radius 3 is 2.42 bits per heavy atom. The molecule has 0 radical (unpaired) electrons. The Balaban J connectivity index is 2.67. The molecule has 0 aromatic rings. The van der Waals surface area contributed by atoms with Gasteiger partial charge in [0.1, 0.15) is 5.60 Å². The van der Waals surface area contributed by atoms with Crippen LogP contribution in [0.25, 0.3) is 0 Å². The van der Waals surface area contributed by atoms with E-state index in [9.17, 15) is 18.4 Å². The Labute approximate surface area is 110 Å². The first-order valence-corrected chi connectivity index (χ1v) is 6.11. The third kappa shape index (κ3) is 4.65. The third-order valence-electron chi connectivity index (χ3n) is 2.90. The third-order valence-corrected chi connectivity index (χ3v) is 2.90. The molecule has 2 atom stereocenters. The van der Waals surface area contributed by atoms with Gasteiger partial charge in [0, 0.05) is 6.42 Å². The van der Waals surface area contributed by atoms with Crippen molar-refractivity contribution in [2.24, 2.45) is 5.92 Å². The zero-order valence-corrected chi connectivity index (χ0v) is 11.2. The van der Waals surface area contributed by atoms with Crippen molar-refractivity contribution in [3.05, 3.63) is 0 Å². The van der Waals surface area contributed by atoms with Crippen molar-refractivity contribution >= 4 is 12.1 Å². The van der Waals surface area contributed by atoms with Gasteiger partial charge in [-0.15, -0.1) is 0 Å². The van der Waals surface area contributed by atoms with E-state index < -0.39 is 42.0 Å². The number of carbonyl (C=O) groups is 2. The van der Waals surface area contributed by atoms with Crippen LogP contribution in [0, 0.1) is 5.92 Å². The number of alkyl carbamates (subject to hydrolysis) is 1. The molecule has 0 heterocycles. The van der Waals surface area contributed by atoms with E-state index in [0.717, 1.165) is 0 Å². The molecule has 0 saturated heterocycles. The minimum absolute atomic E-state index is 0.0885. The number of carboxylic acid groups (broad SMARTS) is 1. The average Bonchev–Trinajstić information content (AvgIpc) is 2.17. The van der Waals surface area contributed by atoms with E-state index in [-0.39, 0.29) is 12.8 Å². The number of carbonyl (C=O) groups excluding carboxylic acids is 1. The molecule has 0 bridgehead atoms. The maximum Gasteiger partial charge on any atom is 0.408 e. The molecule has 0 aromatic heterocycles. The van der Waals surface area contributed by atoms with Gasteiger partial charge in [0.15, 0.2) is 0 Å². The Hall–Kier alpha value is -1.40. The lowest BCUT2D eigenvalue weighted by Crippen LogP contribution is -2.53. The van der Waals surface area contributed by atoms with Crippen molar-refractivity contribution in [3.8, 4) is 0 Å². The standard InChI is InChI=1S/C12H19F2NO4/c1-11(2,3)19-10(18)15-8-6-7(9(16)17)4-5-12(8,13)14/h7-8H,4-6H2,1-3H3,(H,15,18)(H,16,17)/t7-,8+/m1/s1. The van der Waals surface area contributed by atoms with Crippen molar-refractivity contribution in [2.75, 3.05) is 0 Å². The molecule has 0 aliphatic heterocycles. The number of carboxylic acids is 1. The van der Waals surface area contributed by atoms with Gasteiger partial charge >= 0.3 is 12.1 Å². The zero-order valence-electron chi connectivity index (χ0n) is 11.2. The van der Waals surface area contributed by atoms with E-state index in [0.29, 0.717) is 0 Å². The largest absolute Gasteiger partial charge is 0.481 e. The molecule has 0 unspecified atom stereocenters. The fraction of sp³-hybridized carbons (Fsp3) is 0.833. The summed E-state index contributed by atoms with van der Waals surface area (Å²) in [5.74, 6) is -5.09. The molecule has 1 rings (SSSR count). The lowest BCUT2D eigenvalue weighted by Gasteiger charge is -2.35. The van der Waals surface area contributed by atoms with E-state index in [1.54, 1.807) is 20.8 Å². The van der Waals surface area contributed by atoms with Gasteiger partial charge in [-0.1, -0.05) is 0 Å². The number of halogens is 2. The Bertz CT molecular complexity index is 365. The second-order valence-corrected chi connectivity index (χ2v) is 5.77. The van der Waals surface area contributed by atoms with Gasteiger partial charge in [-0.05, 0) is 33.6 Å². The Morgan fingerprint density at radius 2 is 1.95 bits per heavy atom. The van der Waals surface area contributed by atoms with E-state index >= 15 is 0 Å². The van der Waals surface area contributed by atoms with Crippen LogP contribution >= 0.6 is 0 Å². The van der Waals surface area contributed by atoms with Crippen LogP contribution in [0.2, 0.25) is 0 Å². The van der Waals surface area contributed by atoms with Gasteiger partial charge in [-0.2, -0.15) is 0 Å². The first kappa shape index (κ1) is 15.7. The van der Waals surface area contributed by atoms with Gasteiger partial charge in [0.05, 0.1) is 12.0 Å². The molecule has 1 amide bonds. The smallest absolute Gasteiger partial charge is 0.408 e. The van der Waals surface area contributed by atoms with Crippen LogP contribution in [-0.2, 0) is 9.53 Å². The van der Waals surface area contributed by atoms with E-state index in [1.807, 2.05) is 0 Å². The Morgan fingerprint density at radius 1 is 1.37 bits per heavy atom. The lowest BCUT2D eigenvalue weighted by atomic mass is 9.83. The summed E-state index contributed by atoms with van der Waals surface area (Å²) >= 11 is 0. The molecule has 19 heavy (non-hydrogen) atoms. The van der Waals surface area contributed by atoms with Gasteiger partial charge in [0.25, 0.3) is 5.92 Å². The summed E-state index contributed by atoms with van der Waals surface area (Å²) in [5.41, 5.74) is -0.791. The number of hydrogen-bond acceptors (Lipinski definition) is 3. The molecule has 2 N–H and O–H groups in total. The first-order chi connectivity index (χ1) is 8.51. The van der Waals surface area contributed by atoms with Crippen LogP contribution in [-0.4, -0.2) is 34.7 Å². The second kappa shape index (κ2) is 5.30. The molecular formula is C12H19F2NO4. The predicted octanol–water partition coefficient (Wildman–Crippen LogP) is 2.40. The minimum Gasteiger partial charge on any atom is -0.481 e. The molecule has 0 spiro atoms. The van der Waals surface area contributed by atoms with E-state index in [4.69, 9.17) is 9.84 Å². The minimum atomic E-state index is -3.11. The molecule has 5 nitrogen and oxygen atoms in total. The van der Waals surface area contributed by atoms with E-state index in [1.165, 1.54) is 0 Å². The maximum atomic E-state index is 13.6. The van der Waals surface area contributed by atoms with Crippen molar-refractivity contribution in [3.63, 3.8) is 0 Å². The van der Waals surface area contributed by atoms with Crippen molar-refractivity contribution in [2.45, 2.75) is 57.6 Å². The number of hydrogen-bond donors (Lipinski definition) is 2. The van der Waals surface area contributed by atoms with Crippen molar-refractivity contribution < 1.29 is 28.2 Å². The highest BCUT2D eigenvalue weighted by atomic mass is 19.3. The fourth-order valence-electron chi connectivity index (χ4n) is 1.95. The molecule has 7 heteroatoms. The molecular weight excluding hydrogens is 260 g/mol. The number of amides is 1. The first-order valence-electron chi connectivity index (χ1n) is 6.11. The number of rotatable bonds is 2. The SMILES string of the molecule is CC(C)(C)OC(=O)N[C@H]1C[C@H](C(=O)O)CCC1(F)F. The van der Waals surface area contributed by atoms with Gasteiger partial charge < -0.3 is 15.2 Å². The van der Waals surface area contributed by atoms with Crippen LogP contribution in [0.15, 0.2) is 0 Å². The van der Waals surface area contributed by atoms with Crippen LogP contribution < -0.4 is 5.32 Å². The normalized spacial score (nSPS) is 26.6. The highest BCUT2D eigenvalue weighted by molar-refractivity contribution is 5.71. The van der Waals surface area contributed by atoms with Crippen molar-refractivity contribution in [1.29, 1.82) is 0 Å². The summed E-state index contributed by atoms with van der Waals surface area (Å²) in [6.45, 7) is 4.85. The van der Waals surface area contributed by atoms with Gasteiger partial charge in [-0.3, -0.25) is 4.79 Å². The van der Waals surface area contributed by atoms with Crippen LogP contribution in [0.5, 0.6) is 0 Å². The van der Waals surface area contributed by atoms with E-state index in [2.05, 4.69) is 5.32 Å². The quantitative estimate of drug-likeness (QED) is 0.813. The summed E-state index contributed by atoms with van der Waals surface area (Å²) in [7, 11) is 0. The van der Waals surface area contributed by atoms with Gasteiger partial charge in [0.2, 0.25) is 0 Å². The molecule has 1 aliphatic rings. The molecule has 1 fully saturated rings. The highest BCUT2D eigenvalue weighted by Crippen LogP contribution is 2.36. The molecule has 1 saturated carbocycles. The summed E-state index contributed by atoms with van der Waals surface area (Å²) < 4.78 is 32.2. The van der Waals surface area contributed by atoms with Crippen molar-refractivity contribution in [1.82, 2.24) is 5.32 Å². The molecule has 110 valence electrons. The number of alkyl halides is 2. The number of nitrogens with one attached hydrogen (secondary N) is 1. The van der Waals surface area contributed by atoms with Gasteiger partial charge in [-0.25, -0.2) is 13.6 Å². The summed E-state index contributed by atoms with van der Waals surface area (Å²) in [6.07, 6.45) is -1.89. The predicted molar refractivity (Wildman–Crippen MR) is 63.1 cm³/mol. The number of aliphatic carboxylic acids is 1. The monoisotopic (exact) mass is 279 g/mol. The zero-order chi connectivity index (χ0) is 14.8.